The van der Waals surface area contributed by atoms with Gasteiger partial charge in [-0.05, 0) is 12.1 Å². The lowest BCUT2D eigenvalue weighted by molar-refractivity contribution is 0.0953. The molecule has 0 heterocycles. The van der Waals surface area contributed by atoms with Crippen molar-refractivity contribution < 1.29 is 9.18 Å². The molecule has 0 aliphatic rings. The quantitative estimate of drug-likeness (QED) is 0.329. The van der Waals surface area contributed by atoms with Gasteiger partial charge in [0.1, 0.15) is 5.82 Å². The molecule has 0 aliphatic carbocycles. The maximum atomic E-state index is 12.8. The zero-order chi connectivity index (χ0) is 10.0. The first-order valence-electron chi connectivity index (χ1n) is 3.21. The molecule has 0 fully saturated rings. The number of carbonyl (C=O) groups is 1. The fraction of sp³-hybridized carbons (Fsp3) is 0. The van der Waals surface area contributed by atoms with Gasteiger partial charge in [0.05, 0.1) is 15.6 Å². The molecule has 0 aromatic heterocycles. The lowest BCUT2D eigenvalue weighted by Crippen LogP contribution is -2.30. The Morgan fingerprint density at radius 3 is 2.54 bits per heavy atom. The summed E-state index contributed by atoms with van der Waals surface area (Å²) in [5.41, 5.74) is 1.79. The first kappa shape index (κ1) is 10.2. The third-order valence-corrected chi connectivity index (χ3v) is 1.99. The number of amides is 1. The molecule has 0 spiro atoms. The highest BCUT2D eigenvalue weighted by atomic mass is 35.5. The predicted octanol–water partition coefficient (Wildman–Crippen LogP) is 1.74. The summed E-state index contributed by atoms with van der Waals surface area (Å²) in [5, 5.41) is -0.0899. The summed E-state index contributed by atoms with van der Waals surface area (Å²) in [5.74, 6) is 3.46. The Hall–Kier alpha value is -0.840. The molecule has 13 heavy (non-hydrogen) atoms. The van der Waals surface area contributed by atoms with E-state index in [0.717, 1.165) is 12.1 Å². The summed E-state index contributed by atoms with van der Waals surface area (Å²) in [7, 11) is 0. The molecule has 1 rings (SSSR count). The van der Waals surface area contributed by atoms with Crippen molar-refractivity contribution in [1.82, 2.24) is 5.43 Å². The fourth-order valence-corrected chi connectivity index (χ4v) is 1.24. The van der Waals surface area contributed by atoms with Crippen LogP contribution in [0.4, 0.5) is 4.39 Å². The van der Waals surface area contributed by atoms with Gasteiger partial charge in [-0.15, -0.1) is 0 Å². The Balaban J connectivity index is 3.23. The third kappa shape index (κ3) is 2.09. The summed E-state index contributed by atoms with van der Waals surface area (Å²) in [6, 6.07) is 2.07. The standard InChI is InChI=1S/C7H5Cl2FN2O/c8-4-2-5(9)6(10)1-3(4)7(13)12-11/h1-2H,11H2,(H,12,13). The molecule has 0 saturated carbocycles. The van der Waals surface area contributed by atoms with Gasteiger partial charge < -0.3 is 0 Å². The smallest absolute Gasteiger partial charge is 0.266 e. The molecular weight excluding hydrogens is 218 g/mol. The average Bonchev–Trinajstić information content (AvgIpc) is 2.10. The van der Waals surface area contributed by atoms with Gasteiger partial charge in [-0.25, -0.2) is 10.2 Å². The van der Waals surface area contributed by atoms with Gasteiger partial charge in [0, 0.05) is 0 Å². The van der Waals surface area contributed by atoms with Crippen LogP contribution in [0.1, 0.15) is 10.4 Å². The zero-order valence-electron chi connectivity index (χ0n) is 6.27. The van der Waals surface area contributed by atoms with Crippen LogP contribution in [0.25, 0.3) is 0 Å². The van der Waals surface area contributed by atoms with Crippen molar-refractivity contribution in [2.45, 2.75) is 0 Å². The molecule has 0 radical (unpaired) electrons. The lowest BCUT2D eigenvalue weighted by Gasteiger charge is -2.03. The highest BCUT2D eigenvalue weighted by Crippen LogP contribution is 2.23. The molecule has 1 aromatic rings. The number of hydrogen-bond donors (Lipinski definition) is 2. The van der Waals surface area contributed by atoms with E-state index in [9.17, 15) is 9.18 Å². The van der Waals surface area contributed by atoms with E-state index in [4.69, 9.17) is 29.0 Å². The van der Waals surface area contributed by atoms with Gasteiger partial charge in [-0.2, -0.15) is 0 Å². The van der Waals surface area contributed by atoms with Crippen LogP contribution in [0.3, 0.4) is 0 Å². The minimum Gasteiger partial charge on any atom is -0.290 e. The fourth-order valence-electron chi connectivity index (χ4n) is 0.774. The zero-order valence-corrected chi connectivity index (χ0v) is 7.79. The van der Waals surface area contributed by atoms with Crippen molar-refractivity contribution in [3.05, 3.63) is 33.6 Å². The molecule has 0 saturated heterocycles. The second-order valence-electron chi connectivity index (χ2n) is 2.22. The number of carbonyl (C=O) groups excluding carboxylic acids is 1. The maximum Gasteiger partial charge on any atom is 0.266 e. The van der Waals surface area contributed by atoms with E-state index < -0.39 is 11.7 Å². The van der Waals surface area contributed by atoms with Crippen LogP contribution in [0.2, 0.25) is 10.0 Å². The molecule has 0 atom stereocenters. The molecule has 3 N–H and O–H groups in total. The number of rotatable bonds is 1. The van der Waals surface area contributed by atoms with Gasteiger partial charge in [-0.3, -0.25) is 10.2 Å². The molecule has 0 unspecified atom stereocenters. The number of hydrazine groups is 1. The van der Waals surface area contributed by atoms with Crippen LogP contribution in [0.15, 0.2) is 12.1 Å². The number of nitrogen functional groups attached to an aromatic ring is 1. The van der Waals surface area contributed by atoms with Crippen molar-refractivity contribution in [1.29, 1.82) is 0 Å². The van der Waals surface area contributed by atoms with Gasteiger partial charge >= 0.3 is 0 Å². The Bertz CT molecular complexity index is 357. The van der Waals surface area contributed by atoms with Crippen molar-refractivity contribution in [3.63, 3.8) is 0 Å². The molecule has 0 bridgehead atoms. The molecule has 3 nitrogen and oxygen atoms in total. The van der Waals surface area contributed by atoms with Crippen molar-refractivity contribution in [2.75, 3.05) is 0 Å². The van der Waals surface area contributed by atoms with E-state index in [2.05, 4.69) is 0 Å². The van der Waals surface area contributed by atoms with E-state index in [-0.39, 0.29) is 15.6 Å². The normalized spacial score (nSPS) is 9.85. The van der Waals surface area contributed by atoms with E-state index in [1.807, 2.05) is 5.43 Å². The Kier molecular flexibility index (Phi) is 3.08. The monoisotopic (exact) mass is 222 g/mol. The number of halogens is 3. The van der Waals surface area contributed by atoms with E-state index >= 15 is 0 Å². The molecular formula is C7H5Cl2FN2O. The molecule has 1 aromatic carbocycles. The first-order valence-corrected chi connectivity index (χ1v) is 3.97. The van der Waals surface area contributed by atoms with Gasteiger partial charge in [0.15, 0.2) is 0 Å². The summed E-state index contributed by atoms with van der Waals surface area (Å²) in [6.07, 6.45) is 0. The van der Waals surface area contributed by atoms with Crippen LogP contribution < -0.4 is 11.3 Å². The van der Waals surface area contributed by atoms with Crippen LogP contribution in [0.5, 0.6) is 0 Å². The highest BCUT2D eigenvalue weighted by molar-refractivity contribution is 6.36. The Morgan fingerprint density at radius 1 is 1.38 bits per heavy atom. The van der Waals surface area contributed by atoms with E-state index in [1.165, 1.54) is 0 Å². The Labute approximate surface area is 83.6 Å². The van der Waals surface area contributed by atoms with E-state index in [0.29, 0.717) is 0 Å². The van der Waals surface area contributed by atoms with Crippen molar-refractivity contribution >= 4 is 29.1 Å². The van der Waals surface area contributed by atoms with E-state index in [1.54, 1.807) is 0 Å². The second kappa shape index (κ2) is 3.91. The third-order valence-electron chi connectivity index (χ3n) is 1.39. The van der Waals surface area contributed by atoms with Crippen molar-refractivity contribution in [3.8, 4) is 0 Å². The average molecular weight is 223 g/mol. The topological polar surface area (TPSA) is 55.1 Å². The Morgan fingerprint density at radius 2 is 2.00 bits per heavy atom. The van der Waals surface area contributed by atoms with Crippen LogP contribution in [0, 0.1) is 5.82 Å². The molecule has 70 valence electrons. The largest absolute Gasteiger partial charge is 0.290 e. The van der Waals surface area contributed by atoms with Gasteiger partial charge in [-0.1, -0.05) is 23.2 Å². The van der Waals surface area contributed by atoms with Crippen molar-refractivity contribution in [2.24, 2.45) is 5.84 Å². The summed E-state index contributed by atoms with van der Waals surface area (Å²) in [4.78, 5) is 11.0. The summed E-state index contributed by atoms with van der Waals surface area (Å²) in [6.45, 7) is 0. The predicted molar refractivity (Wildman–Crippen MR) is 48.1 cm³/mol. The molecule has 6 heteroatoms. The number of nitrogens with one attached hydrogen (secondary N) is 1. The summed E-state index contributed by atoms with van der Waals surface area (Å²) < 4.78 is 12.8. The maximum absolute atomic E-state index is 12.8. The van der Waals surface area contributed by atoms with Crippen LogP contribution in [-0.4, -0.2) is 5.91 Å². The van der Waals surface area contributed by atoms with Crippen LogP contribution >= 0.6 is 23.2 Å². The minimum atomic E-state index is -0.718. The van der Waals surface area contributed by atoms with Gasteiger partial charge in [0.2, 0.25) is 0 Å². The van der Waals surface area contributed by atoms with Gasteiger partial charge in [0.25, 0.3) is 5.91 Å². The first-order chi connectivity index (χ1) is 6.06. The molecule has 0 aliphatic heterocycles. The number of hydrogen-bond acceptors (Lipinski definition) is 2. The molecule has 1 amide bonds. The number of nitrogens with two attached hydrogens (primary N) is 1. The second-order valence-corrected chi connectivity index (χ2v) is 3.03. The van der Waals surface area contributed by atoms with Crippen LogP contribution in [-0.2, 0) is 0 Å². The highest BCUT2D eigenvalue weighted by Gasteiger charge is 2.12. The summed E-state index contributed by atoms with van der Waals surface area (Å²) >= 11 is 11.0. The SMILES string of the molecule is NNC(=O)c1cc(F)c(Cl)cc1Cl. The lowest BCUT2D eigenvalue weighted by atomic mass is 10.2. The minimum absolute atomic E-state index is 0.0499. The number of benzene rings is 1.